The summed E-state index contributed by atoms with van der Waals surface area (Å²) < 4.78 is 7.23. The number of carbonyl (C=O) groups is 1. The van der Waals surface area contributed by atoms with E-state index < -0.39 is 5.92 Å². The lowest BCUT2D eigenvalue weighted by Crippen LogP contribution is -2.17. The SMILES string of the molecule is CCOCCn1cc2c(C3C(=O)Nc4ccc(Cl)cc43)nc(NCCCNC)nc2n1. The molecule has 0 radical (unpaired) electrons. The van der Waals surface area contributed by atoms with Crippen molar-refractivity contribution in [2.45, 2.75) is 25.8 Å². The van der Waals surface area contributed by atoms with E-state index in [1.54, 1.807) is 10.7 Å². The van der Waals surface area contributed by atoms with Crippen molar-refractivity contribution in [3.63, 3.8) is 0 Å². The van der Waals surface area contributed by atoms with Crippen LogP contribution in [0.15, 0.2) is 24.4 Å². The van der Waals surface area contributed by atoms with E-state index in [0.717, 1.165) is 29.6 Å². The monoisotopic (exact) mass is 443 g/mol. The Hall–Kier alpha value is -2.75. The summed E-state index contributed by atoms with van der Waals surface area (Å²) >= 11 is 6.23. The molecule has 31 heavy (non-hydrogen) atoms. The molecule has 0 spiro atoms. The predicted molar refractivity (Wildman–Crippen MR) is 121 cm³/mol. The zero-order valence-corrected chi connectivity index (χ0v) is 18.4. The van der Waals surface area contributed by atoms with Gasteiger partial charge in [0.05, 0.1) is 24.2 Å². The summed E-state index contributed by atoms with van der Waals surface area (Å²) in [6, 6.07) is 5.39. The van der Waals surface area contributed by atoms with Gasteiger partial charge in [-0.25, -0.2) is 4.98 Å². The second-order valence-electron chi connectivity index (χ2n) is 7.30. The van der Waals surface area contributed by atoms with Crippen LogP contribution < -0.4 is 16.0 Å². The van der Waals surface area contributed by atoms with Gasteiger partial charge in [0, 0.05) is 30.1 Å². The Bertz CT molecular complexity index is 1090. The topological polar surface area (TPSA) is 106 Å². The minimum absolute atomic E-state index is 0.138. The fraction of sp³-hybridized carbons (Fsp3) is 0.429. The van der Waals surface area contributed by atoms with Crippen molar-refractivity contribution >= 4 is 40.2 Å². The molecule has 10 heteroatoms. The third-order valence-electron chi connectivity index (χ3n) is 5.13. The Morgan fingerprint density at radius 2 is 2.16 bits per heavy atom. The summed E-state index contributed by atoms with van der Waals surface area (Å²) in [6.45, 7) is 5.32. The predicted octanol–water partition coefficient (Wildman–Crippen LogP) is 2.62. The van der Waals surface area contributed by atoms with E-state index in [2.05, 4.69) is 26.0 Å². The van der Waals surface area contributed by atoms with E-state index in [1.807, 2.05) is 32.3 Å². The van der Waals surface area contributed by atoms with Crippen LogP contribution >= 0.6 is 11.6 Å². The lowest BCUT2D eigenvalue weighted by atomic mass is 9.95. The number of aromatic nitrogens is 4. The Morgan fingerprint density at radius 1 is 1.29 bits per heavy atom. The van der Waals surface area contributed by atoms with Crippen LogP contribution in [0.25, 0.3) is 11.0 Å². The number of carbonyl (C=O) groups excluding carboxylic acids is 1. The molecule has 3 aromatic rings. The molecule has 0 aliphatic carbocycles. The minimum Gasteiger partial charge on any atom is -0.380 e. The molecule has 1 amide bonds. The van der Waals surface area contributed by atoms with Crippen molar-refractivity contribution in [2.75, 3.05) is 44.0 Å². The highest BCUT2D eigenvalue weighted by molar-refractivity contribution is 6.31. The van der Waals surface area contributed by atoms with Gasteiger partial charge in [-0.1, -0.05) is 11.6 Å². The summed E-state index contributed by atoms with van der Waals surface area (Å²) in [5.41, 5.74) is 2.71. The van der Waals surface area contributed by atoms with Crippen LogP contribution in [0.1, 0.15) is 30.5 Å². The maximum absolute atomic E-state index is 12.9. The highest BCUT2D eigenvalue weighted by Gasteiger charge is 2.35. The van der Waals surface area contributed by atoms with Gasteiger partial charge in [-0.2, -0.15) is 10.1 Å². The van der Waals surface area contributed by atoms with Crippen molar-refractivity contribution < 1.29 is 9.53 Å². The number of fused-ring (bicyclic) bond motifs is 2. The van der Waals surface area contributed by atoms with Crippen molar-refractivity contribution in [2.24, 2.45) is 0 Å². The standard InChI is InChI=1S/C21H26ClN7O2/c1-3-31-10-9-29-12-15-18(17-14-11-13(22)5-6-16(14)25-20(17)30)26-21(27-19(15)28-29)24-8-4-7-23-2/h5-6,11-12,17,23H,3-4,7-10H2,1-2H3,(H,25,30)(H,24,27,28). The summed E-state index contributed by atoms with van der Waals surface area (Å²) in [6.07, 6.45) is 2.79. The van der Waals surface area contributed by atoms with Crippen LogP contribution in [0.3, 0.4) is 0 Å². The van der Waals surface area contributed by atoms with Crippen molar-refractivity contribution in [3.05, 3.63) is 40.7 Å². The lowest BCUT2D eigenvalue weighted by Gasteiger charge is -2.12. The number of nitrogens with one attached hydrogen (secondary N) is 3. The van der Waals surface area contributed by atoms with E-state index in [9.17, 15) is 4.79 Å². The first-order chi connectivity index (χ1) is 15.1. The molecule has 4 rings (SSSR count). The van der Waals surface area contributed by atoms with Gasteiger partial charge >= 0.3 is 0 Å². The zero-order chi connectivity index (χ0) is 21.8. The van der Waals surface area contributed by atoms with Gasteiger partial charge in [-0.05, 0) is 50.7 Å². The van der Waals surface area contributed by atoms with Crippen molar-refractivity contribution in [1.82, 2.24) is 25.1 Å². The normalized spacial score (nSPS) is 15.3. The van der Waals surface area contributed by atoms with Gasteiger partial charge in [-0.15, -0.1) is 0 Å². The molecule has 1 aliphatic heterocycles. The van der Waals surface area contributed by atoms with Crippen molar-refractivity contribution in [1.29, 1.82) is 0 Å². The molecule has 3 heterocycles. The molecule has 9 nitrogen and oxygen atoms in total. The van der Waals surface area contributed by atoms with Gasteiger partial charge in [0.1, 0.15) is 5.92 Å². The van der Waals surface area contributed by atoms with Gasteiger partial charge in [0.25, 0.3) is 0 Å². The molecule has 1 aromatic carbocycles. The van der Waals surface area contributed by atoms with Crippen LogP contribution in [-0.2, 0) is 16.1 Å². The molecule has 0 fully saturated rings. The van der Waals surface area contributed by atoms with E-state index in [4.69, 9.17) is 21.3 Å². The second kappa shape index (κ2) is 9.59. The van der Waals surface area contributed by atoms with Gasteiger partial charge in [-0.3, -0.25) is 9.48 Å². The molecule has 1 unspecified atom stereocenters. The number of benzene rings is 1. The van der Waals surface area contributed by atoms with E-state index in [-0.39, 0.29) is 5.91 Å². The molecule has 0 bridgehead atoms. The average Bonchev–Trinajstić information content (AvgIpc) is 3.30. The number of amides is 1. The van der Waals surface area contributed by atoms with Gasteiger partial charge < -0.3 is 20.7 Å². The number of anilines is 2. The first-order valence-corrected chi connectivity index (χ1v) is 10.8. The lowest BCUT2D eigenvalue weighted by molar-refractivity contribution is -0.116. The Kier molecular flexibility index (Phi) is 6.64. The number of nitrogens with zero attached hydrogens (tertiary/aromatic N) is 4. The number of halogens is 1. The maximum atomic E-state index is 12.9. The first kappa shape index (κ1) is 21.5. The molecule has 0 saturated heterocycles. The summed E-state index contributed by atoms with van der Waals surface area (Å²) in [4.78, 5) is 22.2. The molecular weight excluding hydrogens is 418 g/mol. The van der Waals surface area contributed by atoms with Crippen LogP contribution in [0, 0.1) is 0 Å². The highest BCUT2D eigenvalue weighted by atomic mass is 35.5. The molecule has 3 N–H and O–H groups in total. The van der Waals surface area contributed by atoms with E-state index in [0.29, 0.717) is 48.6 Å². The summed E-state index contributed by atoms with van der Waals surface area (Å²) in [7, 11) is 1.91. The molecule has 0 saturated carbocycles. The zero-order valence-electron chi connectivity index (χ0n) is 17.6. The van der Waals surface area contributed by atoms with E-state index >= 15 is 0 Å². The first-order valence-electron chi connectivity index (χ1n) is 10.4. The molecule has 1 atom stereocenters. The minimum atomic E-state index is -0.582. The van der Waals surface area contributed by atoms with Crippen LogP contribution in [0.5, 0.6) is 0 Å². The van der Waals surface area contributed by atoms with Crippen LogP contribution in [-0.4, -0.2) is 59.0 Å². The number of rotatable bonds is 10. The molecule has 1 aliphatic rings. The summed E-state index contributed by atoms with van der Waals surface area (Å²) in [5.74, 6) is -0.265. The summed E-state index contributed by atoms with van der Waals surface area (Å²) in [5, 5.41) is 15.2. The second-order valence-corrected chi connectivity index (χ2v) is 7.73. The highest BCUT2D eigenvalue weighted by Crippen LogP contribution is 2.40. The average molecular weight is 444 g/mol. The van der Waals surface area contributed by atoms with E-state index in [1.165, 1.54) is 0 Å². The largest absolute Gasteiger partial charge is 0.380 e. The molecule has 2 aromatic heterocycles. The van der Waals surface area contributed by atoms with Gasteiger partial charge in [0.15, 0.2) is 5.65 Å². The Morgan fingerprint density at radius 3 is 2.97 bits per heavy atom. The third-order valence-corrected chi connectivity index (χ3v) is 5.37. The van der Waals surface area contributed by atoms with Crippen LogP contribution in [0.4, 0.5) is 11.6 Å². The quantitative estimate of drug-likeness (QED) is 0.413. The van der Waals surface area contributed by atoms with Crippen molar-refractivity contribution in [3.8, 4) is 0 Å². The number of hydrogen-bond donors (Lipinski definition) is 3. The third kappa shape index (κ3) is 4.63. The Balaban J connectivity index is 1.74. The number of hydrogen-bond acceptors (Lipinski definition) is 7. The number of ether oxygens (including phenoxy) is 1. The Labute approximate surface area is 185 Å². The maximum Gasteiger partial charge on any atom is 0.238 e. The molecule has 164 valence electrons. The fourth-order valence-corrected chi connectivity index (χ4v) is 3.84. The fourth-order valence-electron chi connectivity index (χ4n) is 3.66. The van der Waals surface area contributed by atoms with Crippen LogP contribution in [0.2, 0.25) is 5.02 Å². The van der Waals surface area contributed by atoms with Gasteiger partial charge in [0.2, 0.25) is 11.9 Å². The molecular formula is C21H26ClN7O2. The smallest absolute Gasteiger partial charge is 0.238 e.